The maximum atomic E-state index is 13.7. The minimum Gasteiger partial charge on any atom is -0.415 e. The predicted octanol–water partition coefficient (Wildman–Crippen LogP) is 6.78. The van der Waals surface area contributed by atoms with Crippen molar-refractivity contribution in [1.29, 1.82) is 0 Å². The molecule has 0 aliphatic heterocycles. The number of rotatable bonds is 9. The second-order valence-electron chi connectivity index (χ2n) is 8.93. The topological polar surface area (TPSA) is 21.3 Å². The minimum absolute atomic E-state index is 0.100. The summed E-state index contributed by atoms with van der Waals surface area (Å²) in [4.78, 5) is 0. The molecular weight excluding hydrogens is 416 g/mol. The van der Waals surface area contributed by atoms with E-state index in [2.05, 4.69) is 69.0 Å². The van der Waals surface area contributed by atoms with Crippen LogP contribution in [0.3, 0.4) is 0 Å². The first-order chi connectivity index (χ1) is 11.8. The largest absolute Gasteiger partial charge is 0.415 e. The Morgan fingerprint density at radius 1 is 1.12 bits per heavy atom. The van der Waals surface area contributed by atoms with Crippen LogP contribution in [0.5, 0.6) is 0 Å². The van der Waals surface area contributed by atoms with E-state index in [1.54, 1.807) is 24.3 Å². The molecule has 26 heavy (non-hydrogen) atoms. The van der Waals surface area contributed by atoms with Crippen LogP contribution in [-0.4, -0.2) is 27.4 Å². The molecule has 0 amide bonds. The molecule has 0 aliphatic rings. The molecule has 1 N–H and O–H groups in total. The van der Waals surface area contributed by atoms with E-state index in [0.717, 1.165) is 10.9 Å². The lowest BCUT2D eigenvalue weighted by atomic mass is 10.0. The summed E-state index contributed by atoms with van der Waals surface area (Å²) in [6, 6.07) is 6.00. The van der Waals surface area contributed by atoms with Gasteiger partial charge in [0.2, 0.25) is 0 Å². The maximum absolute atomic E-state index is 13.7. The van der Waals surface area contributed by atoms with Crippen molar-refractivity contribution in [3.63, 3.8) is 0 Å². The van der Waals surface area contributed by atoms with E-state index in [1.807, 2.05) is 0 Å². The molecule has 6 heteroatoms. The van der Waals surface area contributed by atoms with E-state index in [4.69, 9.17) is 4.43 Å². The Balaban J connectivity index is 2.91. The molecule has 150 valence electrons. The van der Waals surface area contributed by atoms with Gasteiger partial charge in [-0.05, 0) is 48.2 Å². The maximum Gasteiger partial charge on any atom is 0.257 e. The molecule has 0 heterocycles. The van der Waals surface area contributed by atoms with Crippen molar-refractivity contribution < 1.29 is 13.2 Å². The van der Waals surface area contributed by atoms with Gasteiger partial charge in [0.15, 0.2) is 8.32 Å². The molecule has 0 fully saturated rings. The molecule has 0 saturated carbocycles. The van der Waals surface area contributed by atoms with Gasteiger partial charge in [-0.2, -0.15) is 0 Å². The Labute approximate surface area is 167 Å². The molecule has 1 aromatic rings. The summed E-state index contributed by atoms with van der Waals surface area (Å²) in [5.74, 6) is 0.402. The first kappa shape index (κ1) is 23.7. The molecule has 1 rings (SSSR count). The average Bonchev–Trinajstić information content (AvgIpc) is 2.49. The first-order valence-electron chi connectivity index (χ1n) is 9.27. The highest BCUT2D eigenvalue weighted by Crippen LogP contribution is 2.36. The van der Waals surface area contributed by atoms with Gasteiger partial charge in [0.05, 0.1) is 6.04 Å². The summed E-state index contributed by atoms with van der Waals surface area (Å²) in [6.45, 7) is 15.6. The Morgan fingerprint density at radius 3 is 2.08 bits per heavy atom. The average molecular weight is 450 g/mol. The van der Waals surface area contributed by atoms with E-state index in [-0.39, 0.29) is 11.1 Å². The molecular formula is C20H34BrF2NOSi. The fourth-order valence-electron chi connectivity index (χ4n) is 2.52. The van der Waals surface area contributed by atoms with E-state index < -0.39 is 20.8 Å². The SMILES string of the molecule is CC(C)CC(CO[Si](C)(C)C(C)(C)C)N[C@@H](c1ccc(Br)cc1)C(F)F. The Morgan fingerprint density at radius 2 is 1.65 bits per heavy atom. The predicted molar refractivity (Wildman–Crippen MR) is 112 cm³/mol. The zero-order chi connectivity index (χ0) is 20.1. The summed E-state index contributed by atoms with van der Waals surface area (Å²) < 4.78 is 34.7. The van der Waals surface area contributed by atoms with Crippen molar-refractivity contribution in [1.82, 2.24) is 5.32 Å². The van der Waals surface area contributed by atoms with Gasteiger partial charge in [0.1, 0.15) is 0 Å². The monoisotopic (exact) mass is 449 g/mol. The third kappa shape index (κ3) is 7.37. The molecule has 1 aromatic carbocycles. The van der Waals surface area contributed by atoms with Crippen LogP contribution in [0.1, 0.15) is 52.6 Å². The van der Waals surface area contributed by atoms with Crippen molar-refractivity contribution in [2.75, 3.05) is 6.61 Å². The summed E-state index contributed by atoms with van der Waals surface area (Å²) in [5.41, 5.74) is 0.601. The van der Waals surface area contributed by atoms with Crippen molar-refractivity contribution in [2.45, 2.75) is 77.7 Å². The molecule has 0 saturated heterocycles. The zero-order valence-electron chi connectivity index (χ0n) is 17.1. The molecule has 2 nitrogen and oxygen atoms in total. The summed E-state index contributed by atoms with van der Waals surface area (Å²) in [6.07, 6.45) is -1.67. The third-order valence-corrected chi connectivity index (χ3v) is 10.1. The van der Waals surface area contributed by atoms with Crippen LogP contribution in [0.25, 0.3) is 0 Å². The van der Waals surface area contributed by atoms with Crippen LogP contribution < -0.4 is 5.32 Å². The van der Waals surface area contributed by atoms with E-state index in [1.165, 1.54) is 0 Å². The normalized spacial score (nSPS) is 15.5. The second kappa shape index (κ2) is 9.76. The van der Waals surface area contributed by atoms with Gasteiger partial charge in [0.25, 0.3) is 6.43 Å². The molecule has 2 atom stereocenters. The molecule has 0 aromatic heterocycles. The van der Waals surface area contributed by atoms with E-state index >= 15 is 0 Å². The Bertz CT molecular complexity index is 544. The zero-order valence-corrected chi connectivity index (χ0v) is 19.7. The van der Waals surface area contributed by atoms with Crippen molar-refractivity contribution >= 4 is 24.2 Å². The second-order valence-corrected chi connectivity index (χ2v) is 14.7. The standard InChI is InChI=1S/C20H34BrF2NOSi/c1-14(2)12-17(13-25-26(6,7)20(3,4)5)24-18(19(22)23)15-8-10-16(21)11-9-15/h8-11,14,17-19,24H,12-13H2,1-7H3/t17?,18-/m0/s1. The highest BCUT2D eigenvalue weighted by atomic mass is 79.9. The molecule has 0 radical (unpaired) electrons. The summed E-state index contributed by atoms with van der Waals surface area (Å²) >= 11 is 3.36. The van der Waals surface area contributed by atoms with Gasteiger partial charge in [-0.25, -0.2) is 8.78 Å². The molecule has 0 bridgehead atoms. The van der Waals surface area contributed by atoms with Crippen molar-refractivity contribution in [3.05, 3.63) is 34.3 Å². The van der Waals surface area contributed by atoms with Gasteiger partial charge >= 0.3 is 0 Å². The lowest BCUT2D eigenvalue weighted by molar-refractivity contribution is 0.0826. The van der Waals surface area contributed by atoms with Gasteiger partial charge in [-0.15, -0.1) is 0 Å². The third-order valence-electron chi connectivity index (χ3n) is 5.10. The van der Waals surface area contributed by atoms with Crippen LogP contribution in [0, 0.1) is 5.92 Å². The lowest BCUT2D eigenvalue weighted by Crippen LogP contribution is -2.47. The fourth-order valence-corrected chi connectivity index (χ4v) is 3.83. The number of benzene rings is 1. The number of hydrogen-bond donors (Lipinski definition) is 1. The van der Waals surface area contributed by atoms with Crippen LogP contribution in [0.15, 0.2) is 28.7 Å². The smallest absolute Gasteiger partial charge is 0.257 e. The van der Waals surface area contributed by atoms with Gasteiger partial charge in [0, 0.05) is 17.1 Å². The Hall–Kier alpha value is -0.303. The fraction of sp³-hybridized carbons (Fsp3) is 0.700. The van der Waals surface area contributed by atoms with Gasteiger partial charge < -0.3 is 9.74 Å². The van der Waals surface area contributed by atoms with Crippen LogP contribution in [0.2, 0.25) is 18.1 Å². The lowest BCUT2D eigenvalue weighted by Gasteiger charge is -2.38. The summed E-state index contributed by atoms with van der Waals surface area (Å²) in [7, 11) is -1.92. The molecule has 0 aliphatic carbocycles. The molecule has 0 spiro atoms. The summed E-state index contributed by atoms with van der Waals surface area (Å²) in [5, 5.41) is 3.28. The number of hydrogen-bond acceptors (Lipinski definition) is 2. The van der Waals surface area contributed by atoms with E-state index in [9.17, 15) is 8.78 Å². The van der Waals surface area contributed by atoms with E-state index in [0.29, 0.717) is 18.1 Å². The quantitative estimate of drug-likeness (QED) is 0.419. The first-order valence-corrected chi connectivity index (χ1v) is 13.0. The number of alkyl halides is 2. The molecule has 1 unspecified atom stereocenters. The number of nitrogens with one attached hydrogen (secondary N) is 1. The van der Waals surface area contributed by atoms with Crippen LogP contribution in [-0.2, 0) is 4.43 Å². The van der Waals surface area contributed by atoms with Gasteiger partial charge in [-0.3, -0.25) is 0 Å². The Kier molecular flexibility index (Phi) is 8.91. The van der Waals surface area contributed by atoms with Crippen molar-refractivity contribution in [2.24, 2.45) is 5.92 Å². The van der Waals surface area contributed by atoms with Crippen LogP contribution in [0.4, 0.5) is 8.78 Å². The highest BCUT2D eigenvalue weighted by Gasteiger charge is 2.38. The number of halogens is 3. The van der Waals surface area contributed by atoms with Crippen LogP contribution >= 0.6 is 15.9 Å². The highest BCUT2D eigenvalue weighted by molar-refractivity contribution is 9.10. The van der Waals surface area contributed by atoms with Gasteiger partial charge in [-0.1, -0.05) is 62.7 Å². The van der Waals surface area contributed by atoms with Crippen molar-refractivity contribution in [3.8, 4) is 0 Å². The minimum atomic E-state index is -2.47.